The van der Waals surface area contributed by atoms with Crippen LogP contribution in [0, 0.1) is 11.3 Å². The van der Waals surface area contributed by atoms with Crippen LogP contribution in [0.4, 0.5) is 5.69 Å². The zero-order valence-electron chi connectivity index (χ0n) is 21.2. The molecule has 0 aromatic heterocycles. The molecular formula is C25H38N6O5. The lowest BCUT2D eigenvalue weighted by atomic mass is 9.86. The molecule has 198 valence electrons. The third-order valence-corrected chi connectivity index (χ3v) is 7.08. The van der Waals surface area contributed by atoms with Gasteiger partial charge in [0.15, 0.2) is 0 Å². The summed E-state index contributed by atoms with van der Waals surface area (Å²) in [6, 6.07) is 8.08. The normalized spacial score (nSPS) is 21.0. The van der Waals surface area contributed by atoms with Crippen LogP contribution in [0.3, 0.4) is 0 Å². The molecule has 11 nitrogen and oxygen atoms in total. The summed E-state index contributed by atoms with van der Waals surface area (Å²) in [7, 11) is 2.68. The minimum atomic E-state index is -0.475. The van der Waals surface area contributed by atoms with E-state index in [1.165, 1.54) is 14.2 Å². The number of nitrogen functional groups attached to an aromatic ring is 1. The van der Waals surface area contributed by atoms with Crippen molar-refractivity contribution in [3.63, 3.8) is 0 Å². The van der Waals surface area contributed by atoms with E-state index in [1.807, 2.05) is 24.3 Å². The van der Waals surface area contributed by atoms with Crippen LogP contribution in [0.15, 0.2) is 24.3 Å². The van der Waals surface area contributed by atoms with Gasteiger partial charge in [-0.3, -0.25) is 29.6 Å². The molecule has 2 unspecified atom stereocenters. The molecular weight excluding hydrogens is 464 g/mol. The Labute approximate surface area is 212 Å². The minimum Gasteiger partial charge on any atom is -0.468 e. The molecule has 1 amide bonds. The fourth-order valence-electron chi connectivity index (χ4n) is 5.06. The Bertz CT molecular complexity index is 916. The number of piperidine rings is 1. The number of amides is 1. The Kier molecular flexibility index (Phi) is 10.1. The van der Waals surface area contributed by atoms with Gasteiger partial charge in [-0.25, -0.2) is 0 Å². The van der Waals surface area contributed by atoms with Gasteiger partial charge >= 0.3 is 11.9 Å². The minimum absolute atomic E-state index is 0.0648. The number of nitrogens with two attached hydrogens (primary N) is 1. The van der Waals surface area contributed by atoms with Gasteiger partial charge in [0.2, 0.25) is 5.91 Å². The first kappa shape index (κ1) is 27.4. The van der Waals surface area contributed by atoms with Crippen molar-refractivity contribution in [2.75, 3.05) is 71.5 Å². The fraction of sp³-hybridized carbons (Fsp3) is 0.600. The maximum atomic E-state index is 12.3. The van der Waals surface area contributed by atoms with Crippen molar-refractivity contribution in [2.24, 2.45) is 11.7 Å². The predicted octanol–water partition coefficient (Wildman–Crippen LogP) is 0.0256. The van der Waals surface area contributed by atoms with E-state index in [9.17, 15) is 14.4 Å². The highest BCUT2D eigenvalue weighted by Crippen LogP contribution is 2.28. The molecule has 1 aromatic rings. The highest BCUT2D eigenvalue weighted by atomic mass is 16.5. The quantitative estimate of drug-likeness (QED) is 0.229. The molecule has 0 aliphatic carbocycles. The maximum Gasteiger partial charge on any atom is 0.325 e. The highest BCUT2D eigenvalue weighted by Gasteiger charge is 2.35. The summed E-state index contributed by atoms with van der Waals surface area (Å²) in [6.07, 6.45) is 1.90. The van der Waals surface area contributed by atoms with Gasteiger partial charge in [0, 0.05) is 63.0 Å². The van der Waals surface area contributed by atoms with E-state index < -0.39 is 5.97 Å². The Morgan fingerprint density at radius 3 is 2.31 bits per heavy atom. The number of methoxy groups -OCH3 is 2. The third kappa shape index (κ3) is 7.66. The Morgan fingerprint density at radius 1 is 1.03 bits per heavy atom. The molecule has 0 saturated carbocycles. The van der Waals surface area contributed by atoms with E-state index >= 15 is 0 Å². The predicted molar refractivity (Wildman–Crippen MR) is 136 cm³/mol. The van der Waals surface area contributed by atoms with Gasteiger partial charge in [-0.15, -0.1) is 0 Å². The van der Waals surface area contributed by atoms with Gasteiger partial charge in [-0.1, -0.05) is 0 Å². The zero-order chi connectivity index (χ0) is 26.1. The SMILES string of the molecule is COC(=O)CNC(=O)CCC1CN(CC(=O)OC)CCC1N1CCN(c2ccc(C(=N)N)cc2)CC1. The first-order chi connectivity index (χ1) is 17.3. The van der Waals surface area contributed by atoms with Gasteiger partial charge in [-0.05, 0) is 43.0 Å². The van der Waals surface area contributed by atoms with Crippen molar-refractivity contribution >= 4 is 29.4 Å². The van der Waals surface area contributed by atoms with E-state index in [0.29, 0.717) is 18.9 Å². The number of anilines is 1. The number of rotatable bonds is 10. The summed E-state index contributed by atoms with van der Waals surface area (Å²) in [5, 5.41) is 10.2. The summed E-state index contributed by atoms with van der Waals surface area (Å²) >= 11 is 0. The number of piperazine rings is 1. The number of carbonyl (C=O) groups is 3. The molecule has 0 radical (unpaired) electrons. The molecule has 0 spiro atoms. The molecule has 2 saturated heterocycles. The second-order valence-corrected chi connectivity index (χ2v) is 9.30. The van der Waals surface area contributed by atoms with Gasteiger partial charge in [0.25, 0.3) is 0 Å². The average Bonchev–Trinajstić information content (AvgIpc) is 2.90. The third-order valence-electron chi connectivity index (χ3n) is 7.08. The fourth-order valence-corrected chi connectivity index (χ4v) is 5.06. The van der Waals surface area contributed by atoms with Crippen LogP contribution in [0.5, 0.6) is 0 Å². The number of hydrogen-bond donors (Lipinski definition) is 3. The van der Waals surface area contributed by atoms with Gasteiger partial charge in [0.1, 0.15) is 12.4 Å². The van der Waals surface area contributed by atoms with Gasteiger partial charge < -0.3 is 25.4 Å². The van der Waals surface area contributed by atoms with E-state index in [-0.39, 0.29) is 36.7 Å². The molecule has 2 aliphatic rings. The molecule has 4 N–H and O–H groups in total. The van der Waals surface area contributed by atoms with E-state index in [2.05, 4.69) is 24.8 Å². The van der Waals surface area contributed by atoms with Crippen LogP contribution < -0.4 is 16.0 Å². The van der Waals surface area contributed by atoms with Crippen molar-refractivity contribution in [1.82, 2.24) is 15.1 Å². The zero-order valence-corrected chi connectivity index (χ0v) is 21.2. The Hall–Kier alpha value is -3.18. The number of esters is 2. The molecule has 2 atom stereocenters. The first-order valence-electron chi connectivity index (χ1n) is 12.4. The molecule has 1 aromatic carbocycles. The number of benzene rings is 1. The lowest BCUT2D eigenvalue weighted by molar-refractivity contribution is -0.142. The summed E-state index contributed by atoms with van der Waals surface area (Å²) in [5.74, 6) is -0.629. The number of nitrogens with one attached hydrogen (secondary N) is 2. The highest BCUT2D eigenvalue weighted by molar-refractivity contribution is 5.95. The van der Waals surface area contributed by atoms with Crippen LogP contribution in [0.25, 0.3) is 0 Å². The van der Waals surface area contributed by atoms with Crippen LogP contribution in [0.1, 0.15) is 24.8 Å². The number of carbonyl (C=O) groups excluding carboxylic acids is 3. The maximum absolute atomic E-state index is 12.3. The van der Waals surface area contributed by atoms with Gasteiger partial charge in [0.05, 0.1) is 20.8 Å². The summed E-state index contributed by atoms with van der Waals surface area (Å²) in [4.78, 5) is 42.4. The van der Waals surface area contributed by atoms with Crippen molar-refractivity contribution < 1.29 is 23.9 Å². The smallest absolute Gasteiger partial charge is 0.325 e. The van der Waals surface area contributed by atoms with Crippen LogP contribution in [-0.4, -0.2) is 106 Å². The molecule has 2 heterocycles. The number of ether oxygens (including phenoxy) is 2. The molecule has 2 fully saturated rings. The number of nitrogens with zero attached hydrogens (tertiary/aromatic N) is 3. The van der Waals surface area contributed by atoms with Crippen LogP contribution >= 0.6 is 0 Å². The van der Waals surface area contributed by atoms with Crippen LogP contribution in [0.2, 0.25) is 0 Å². The largest absolute Gasteiger partial charge is 0.468 e. The summed E-state index contributed by atoms with van der Waals surface area (Å²) in [5.41, 5.74) is 7.40. The molecule has 36 heavy (non-hydrogen) atoms. The van der Waals surface area contributed by atoms with Crippen molar-refractivity contribution in [3.05, 3.63) is 29.8 Å². The number of hydrogen-bond acceptors (Lipinski definition) is 9. The van der Waals surface area contributed by atoms with Gasteiger partial charge in [-0.2, -0.15) is 0 Å². The van der Waals surface area contributed by atoms with E-state index in [0.717, 1.165) is 56.9 Å². The average molecular weight is 503 g/mol. The number of likely N-dealkylation sites (tertiary alicyclic amines) is 1. The molecule has 0 bridgehead atoms. The topological polar surface area (TPSA) is 141 Å². The number of amidine groups is 1. The standard InChI is InChI=1S/C25H38N6O5/c1-35-23(33)15-28-22(32)8-5-19-16-29(17-24(34)36-2)10-9-21(19)31-13-11-30(12-14-31)20-6-3-18(4-7-20)25(26)27/h3-4,6-7,19,21H,5,8-17H2,1-2H3,(H3,26,27)(H,28,32). The lowest BCUT2D eigenvalue weighted by Gasteiger charge is -2.47. The van der Waals surface area contributed by atoms with E-state index in [1.54, 1.807) is 0 Å². The molecule has 11 heteroatoms. The van der Waals surface area contributed by atoms with E-state index in [4.69, 9.17) is 15.9 Å². The Balaban J connectivity index is 1.58. The first-order valence-corrected chi connectivity index (χ1v) is 12.4. The van der Waals surface area contributed by atoms with Crippen molar-refractivity contribution in [3.8, 4) is 0 Å². The van der Waals surface area contributed by atoms with Crippen molar-refractivity contribution in [1.29, 1.82) is 5.41 Å². The summed E-state index contributed by atoms with van der Waals surface area (Å²) < 4.78 is 9.43. The monoisotopic (exact) mass is 502 g/mol. The summed E-state index contributed by atoms with van der Waals surface area (Å²) in [6.45, 7) is 5.21. The second-order valence-electron chi connectivity index (χ2n) is 9.30. The molecule has 3 rings (SSSR count). The van der Waals surface area contributed by atoms with Crippen molar-refractivity contribution in [2.45, 2.75) is 25.3 Å². The van der Waals surface area contributed by atoms with Crippen LogP contribution in [-0.2, 0) is 23.9 Å². The lowest BCUT2D eigenvalue weighted by Crippen LogP contribution is -2.57. The second kappa shape index (κ2) is 13.2. The Morgan fingerprint density at radius 2 is 1.69 bits per heavy atom. The molecule has 2 aliphatic heterocycles.